The molecule has 25 heavy (non-hydrogen) atoms. The lowest BCUT2D eigenvalue weighted by Crippen LogP contribution is -2.03. The number of fused-ring (bicyclic) bond motifs is 2. The molecule has 0 spiro atoms. The summed E-state index contributed by atoms with van der Waals surface area (Å²) >= 11 is 2.74. The number of hydrogen-bond donors (Lipinski definition) is 0. The first-order valence-electron chi connectivity index (χ1n) is 7.95. The van der Waals surface area contributed by atoms with E-state index in [1.54, 1.807) is 6.20 Å². The van der Waals surface area contributed by atoms with Crippen LogP contribution in [-0.4, -0.2) is 39.6 Å². The molecule has 6 heteroatoms. The Morgan fingerprint density at radius 1 is 0.720 bits per heavy atom. The molecular formula is C19H12AlN5. The Morgan fingerprint density at radius 2 is 1.44 bits per heavy atom. The van der Waals surface area contributed by atoms with Crippen molar-refractivity contribution < 1.29 is 0 Å². The second kappa shape index (κ2) is 5.56. The predicted molar refractivity (Wildman–Crippen MR) is 98.7 cm³/mol. The molecule has 3 heterocycles. The van der Waals surface area contributed by atoms with Gasteiger partial charge in [0, 0.05) is 17.4 Å². The van der Waals surface area contributed by atoms with Gasteiger partial charge in [0.1, 0.15) is 5.52 Å². The number of rotatable bonds is 2. The largest absolute Gasteiger partial charge is 0.433 e. The van der Waals surface area contributed by atoms with E-state index in [0.29, 0.717) is 0 Å². The molecule has 0 unspecified atom stereocenters. The maximum absolute atomic E-state index is 4.82. The van der Waals surface area contributed by atoms with Gasteiger partial charge in [0.05, 0.1) is 5.52 Å². The van der Waals surface area contributed by atoms with Crippen LogP contribution in [0.2, 0.25) is 0 Å². The monoisotopic (exact) mass is 337 g/mol. The quantitative estimate of drug-likeness (QED) is 0.464. The molecule has 0 amide bonds. The molecule has 0 atom stereocenters. The summed E-state index contributed by atoms with van der Waals surface area (Å²) in [5.74, 6) is 1.55. The van der Waals surface area contributed by atoms with Gasteiger partial charge in [-0.3, -0.25) is 4.57 Å². The van der Waals surface area contributed by atoms with Crippen LogP contribution in [0.25, 0.3) is 39.5 Å². The topological polar surface area (TPSA) is 48.5 Å². The number of hydrogen-bond acceptors (Lipinski definition) is 3. The lowest BCUT2D eigenvalue weighted by Gasteiger charge is -2.09. The highest BCUT2D eigenvalue weighted by Crippen LogP contribution is 2.28. The normalized spacial score (nSPS) is 11.4. The van der Waals surface area contributed by atoms with Gasteiger partial charge in [-0.15, -0.1) is 0 Å². The molecule has 0 aliphatic heterocycles. The fraction of sp³-hybridized carbons (Fsp3) is 0. The zero-order chi connectivity index (χ0) is 16.8. The van der Waals surface area contributed by atoms with Crippen molar-refractivity contribution in [2.75, 3.05) is 0 Å². The van der Waals surface area contributed by atoms with E-state index < -0.39 is 0 Å². The highest BCUT2D eigenvalue weighted by molar-refractivity contribution is 6.13. The minimum Gasteiger partial charge on any atom is -0.433 e. The number of pyridine rings is 1. The molecule has 2 aromatic carbocycles. The van der Waals surface area contributed by atoms with E-state index in [1.165, 1.54) is 0 Å². The first-order valence-corrected chi connectivity index (χ1v) is 8.46. The van der Waals surface area contributed by atoms with Gasteiger partial charge in [0.25, 0.3) is 0 Å². The third-order valence-electron chi connectivity index (χ3n) is 4.23. The minimum atomic E-state index is 0.770. The van der Waals surface area contributed by atoms with Crippen LogP contribution in [0.1, 0.15) is 0 Å². The Kier molecular flexibility index (Phi) is 3.20. The van der Waals surface area contributed by atoms with E-state index in [9.17, 15) is 0 Å². The van der Waals surface area contributed by atoms with Crippen LogP contribution in [0.5, 0.6) is 0 Å². The van der Waals surface area contributed by atoms with Gasteiger partial charge in [-0.05, 0) is 36.4 Å². The fourth-order valence-corrected chi connectivity index (χ4v) is 3.48. The summed E-state index contributed by atoms with van der Waals surface area (Å²) in [5, 5.41) is 0. The molecule has 0 bridgehead atoms. The van der Waals surface area contributed by atoms with Crippen molar-refractivity contribution in [1.29, 1.82) is 0 Å². The van der Waals surface area contributed by atoms with Crippen molar-refractivity contribution in [3.05, 3.63) is 72.9 Å². The van der Waals surface area contributed by atoms with E-state index in [1.807, 2.05) is 58.1 Å². The summed E-state index contributed by atoms with van der Waals surface area (Å²) in [6.07, 6.45) is 1.79. The maximum Gasteiger partial charge on any atom is 0.320 e. The van der Waals surface area contributed by atoms with Crippen LogP contribution in [-0.2, 0) is 0 Å². The molecular weight excluding hydrogens is 325 g/mol. The van der Waals surface area contributed by atoms with Crippen LogP contribution >= 0.6 is 0 Å². The number of para-hydroxylation sites is 3. The number of benzene rings is 2. The SMILES string of the molecule is [Al][n]1c(-c2nc3cccnc3n2-c2ccccc2)nc2ccccc21. The molecule has 0 fully saturated rings. The van der Waals surface area contributed by atoms with Crippen molar-refractivity contribution >= 4 is 38.7 Å². The third kappa shape index (κ3) is 2.19. The van der Waals surface area contributed by atoms with E-state index in [2.05, 4.69) is 38.2 Å². The summed E-state index contributed by atoms with van der Waals surface area (Å²) in [6, 6.07) is 22.1. The van der Waals surface area contributed by atoms with E-state index >= 15 is 0 Å². The van der Waals surface area contributed by atoms with Crippen molar-refractivity contribution in [2.45, 2.75) is 0 Å². The highest BCUT2D eigenvalue weighted by Gasteiger charge is 2.19. The zero-order valence-electron chi connectivity index (χ0n) is 13.2. The first-order chi connectivity index (χ1) is 12.3. The summed E-state index contributed by atoms with van der Waals surface area (Å²) in [5.41, 5.74) is 4.66. The molecule has 2 radical (unpaired) electrons. The Labute approximate surface area is 152 Å². The average Bonchev–Trinajstić information content (AvgIpc) is 3.21. The van der Waals surface area contributed by atoms with Crippen LogP contribution in [0.15, 0.2) is 72.9 Å². The lowest BCUT2D eigenvalue weighted by molar-refractivity contribution is 1.04. The molecule has 116 valence electrons. The molecule has 5 aromatic rings. The van der Waals surface area contributed by atoms with E-state index in [-0.39, 0.29) is 0 Å². The molecule has 0 N–H and O–H groups in total. The first kappa shape index (κ1) is 14.4. The van der Waals surface area contributed by atoms with Crippen LogP contribution < -0.4 is 0 Å². The van der Waals surface area contributed by atoms with Gasteiger partial charge in [0.2, 0.25) is 0 Å². The van der Waals surface area contributed by atoms with Crippen molar-refractivity contribution in [1.82, 2.24) is 23.1 Å². The van der Waals surface area contributed by atoms with Crippen LogP contribution in [0, 0.1) is 0 Å². The predicted octanol–water partition coefficient (Wildman–Crippen LogP) is 3.37. The molecule has 5 nitrogen and oxygen atoms in total. The minimum absolute atomic E-state index is 0.770. The maximum atomic E-state index is 4.82. The second-order valence-corrected chi connectivity index (χ2v) is 6.26. The van der Waals surface area contributed by atoms with Gasteiger partial charge in [0.15, 0.2) is 17.3 Å². The van der Waals surface area contributed by atoms with Gasteiger partial charge >= 0.3 is 16.5 Å². The van der Waals surface area contributed by atoms with E-state index in [4.69, 9.17) is 9.97 Å². The average molecular weight is 337 g/mol. The number of imidazole rings is 2. The Hall–Kier alpha value is -2.94. The molecule has 0 aliphatic rings. The van der Waals surface area contributed by atoms with Crippen molar-refractivity contribution in [3.8, 4) is 17.3 Å². The van der Waals surface area contributed by atoms with Crippen molar-refractivity contribution in [2.24, 2.45) is 0 Å². The smallest absolute Gasteiger partial charge is 0.320 e. The molecule has 0 saturated carbocycles. The van der Waals surface area contributed by atoms with Crippen molar-refractivity contribution in [3.63, 3.8) is 0 Å². The fourth-order valence-electron chi connectivity index (χ4n) is 3.09. The zero-order valence-corrected chi connectivity index (χ0v) is 14.4. The van der Waals surface area contributed by atoms with Gasteiger partial charge < -0.3 is 3.55 Å². The Balaban J connectivity index is 1.88. The van der Waals surface area contributed by atoms with Crippen LogP contribution in [0.4, 0.5) is 0 Å². The lowest BCUT2D eigenvalue weighted by atomic mass is 10.3. The van der Waals surface area contributed by atoms with Gasteiger partial charge in [-0.2, -0.15) is 0 Å². The summed E-state index contributed by atoms with van der Waals surface area (Å²) in [6.45, 7) is 0. The highest BCUT2D eigenvalue weighted by atomic mass is 27.1. The molecule has 3 aromatic heterocycles. The standard InChI is InChI=1S/C19H12N5.Al/c1-2-7-13(8-3-1)24-18-16(11-6-12-20-18)23-19(24)17-21-14-9-4-5-10-15(14)22-17;/h1-12H;/q-1;+1. The third-order valence-corrected chi connectivity index (χ3v) is 4.75. The summed E-state index contributed by atoms with van der Waals surface area (Å²) in [4.78, 5) is 14.2. The Bertz CT molecular complexity index is 1210. The Morgan fingerprint density at radius 3 is 2.28 bits per heavy atom. The number of nitrogens with zero attached hydrogens (tertiary/aromatic N) is 5. The van der Waals surface area contributed by atoms with Crippen LogP contribution in [0.3, 0.4) is 0 Å². The molecule has 5 rings (SSSR count). The number of aromatic nitrogens is 5. The van der Waals surface area contributed by atoms with E-state index in [0.717, 1.165) is 39.5 Å². The summed E-state index contributed by atoms with van der Waals surface area (Å²) < 4.78 is 4.05. The molecule has 0 saturated heterocycles. The van der Waals surface area contributed by atoms with Gasteiger partial charge in [-0.1, -0.05) is 30.3 Å². The second-order valence-electron chi connectivity index (χ2n) is 5.75. The van der Waals surface area contributed by atoms with Gasteiger partial charge in [-0.25, -0.2) is 15.0 Å². The molecule has 0 aliphatic carbocycles. The summed E-state index contributed by atoms with van der Waals surface area (Å²) in [7, 11) is 0.